The van der Waals surface area contributed by atoms with Crippen molar-refractivity contribution in [1.29, 1.82) is 0 Å². The smallest absolute Gasteiger partial charge is 0.305 e. The van der Waals surface area contributed by atoms with Crippen molar-refractivity contribution < 1.29 is 14.7 Å². The van der Waals surface area contributed by atoms with Gasteiger partial charge in [-0.15, -0.1) is 0 Å². The van der Waals surface area contributed by atoms with E-state index in [-0.39, 0.29) is 18.4 Å². The van der Waals surface area contributed by atoms with Gasteiger partial charge in [-0.05, 0) is 31.4 Å². The molecule has 1 aromatic rings. The maximum Gasteiger partial charge on any atom is 0.305 e. The van der Waals surface area contributed by atoms with E-state index in [0.29, 0.717) is 24.0 Å². The average molecular weight is 308 g/mol. The maximum absolute atomic E-state index is 12.8. The minimum absolute atomic E-state index is 0.0153. The first kappa shape index (κ1) is 14.5. The van der Waals surface area contributed by atoms with Crippen LogP contribution in [0.4, 0.5) is 0 Å². The molecule has 1 atom stereocenters. The highest BCUT2D eigenvalue weighted by atomic mass is 32.2. The van der Waals surface area contributed by atoms with Crippen LogP contribution in [0.5, 0.6) is 0 Å². The second-order valence-corrected chi connectivity index (χ2v) is 6.86. The third kappa shape index (κ3) is 2.95. The Balaban J connectivity index is 1.79. The average Bonchev–Trinajstić information content (AvgIpc) is 2.85. The molecule has 1 amide bonds. The Morgan fingerprint density at radius 2 is 2.19 bits per heavy atom. The molecular formula is C15H20N2O3S. The summed E-state index contributed by atoms with van der Waals surface area (Å²) in [5.41, 5.74) is 0.710. The van der Waals surface area contributed by atoms with Crippen molar-refractivity contribution in [2.24, 2.45) is 0 Å². The van der Waals surface area contributed by atoms with Crippen LogP contribution in [-0.2, 0) is 4.79 Å². The summed E-state index contributed by atoms with van der Waals surface area (Å²) in [5.74, 6) is 0.738. The van der Waals surface area contributed by atoms with Crippen LogP contribution in [0, 0.1) is 0 Å². The Morgan fingerprint density at radius 3 is 2.86 bits per heavy atom. The molecule has 2 aliphatic rings. The number of hydrogen-bond donors (Lipinski definition) is 1. The highest BCUT2D eigenvalue weighted by Gasteiger charge is 2.32. The lowest BCUT2D eigenvalue weighted by molar-refractivity contribution is -0.138. The minimum Gasteiger partial charge on any atom is -0.481 e. The molecule has 6 heteroatoms. The summed E-state index contributed by atoms with van der Waals surface area (Å²) in [6.07, 6.45) is 5.48. The van der Waals surface area contributed by atoms with Crippen molar-refractivity contribution in [1.82, 2.24) is 9.47 Å². The molecule has 0 spiro atoms. The molecule has 5 nitrogen and oxygen atoms in total. The zero-order valence-corrected chi connectivity index (χ0v) is 12.7. The van der Waals surface area contributed by atoms with E-state index in [1.807, 2.05) is 18.3 Å². The molecule has 1 aliphatic heterocycles. The molecule has 0 bridgehead atoms. The van der Waals surface area contributed by atoms with Crippen LogP contribution in [0.1, 0.15) is 42.2 Å². The molecule has 21 heavy (non-hydrogen) atoms. The molecule has 1 aromatic heterocycles. The van der Waals surface area contributed by atoms with E-state index in [0.717, 1.165) is 18.6 Å². The number of amides is 1. The summed E-state index contributed by atoms with van der Waals surface area (Å²) in [5, 5.41) is 9.03. The molecular weight excluding hydrogens is 288 g/mol. The second kappa shape index (κ2) is 6.13. The molecule has 1 unspecified atom stereocenters. The monoisotopic (exact) mass is 308 g/mol. The lowest BCUT2D eigenvalue weighted by Crippen LogP contribution is -2.47. The van der Waals surface area contributed by atoms with Gasteiger partial charge in [0.05, 0.1) is 12.5 Å². The van der Waals surface area contributed by atoms with Gasteiger partial charge < -0.3 is 14.6 Å². The highest BCUT2D eigenvalue weighted by molar-refractivity contribution is 7.99. The Kier molecular flexibility index (Phi) is 4.24. The Labute approximate surface area is 128 Å². The van der Waals surface area contributed by atoms with Gasteiger partial charge in [0.2, 0.25) is 0 Å². The number of thioether (sulfide) groups is 1. The fraction of sp³-hybridized carbons (Fsp3) is 0.600. The van der Waals surface area contributed by atoms with Crippen LogP contribution in [0.25, 0.3) is 0 Å². The van der Waals surface area contributed by atoms with E-state index >= 15 is 0 Å². The molecule has 0 aromatic carbocycles. The van der Waals surface area contributed by atoms with E-state index in [1.54, 1.807) is 16.7 Å². The van der Waals surface area contributed by atoms with Gasteiger partial charge in [-0.3, -0.25) is 9.59 Å². The number of nitrogens with zero attached hydrogens (tertiary/aromatic N) is 2. The van der Waals surface area contributed by atoms with Gasteiger partial charge in [-0.1, -0.05) is 0 Å². The number of rotatable bonds is 4. The molecule has 1 saturated carbocycles. The maximum atomic E-state index is 12.8. The highest BCUT2D eigenvalue weighted by Crippen LogP contribution is 2.33. The first-order valence-electron chi connectivity index (χ1n) is 7.44. The van der Waals surface area contributed by atoms with E-state index in [1.165, 1.54) is 6.42 Å². The van der Waals surface area contributed by atoms with Crippen molar-refractivity contribution in [3.8, 4) is 0 Å². The van der Waals surface area contributed by atoms with Crippen molar-refractivity contribution in [3.05, 3.63) is 24.0 Å². The first-order valence-corrected chi connectivity index (χ1v) is 8.59. The lowest BCUT2D eigenvalue weighted by atomic mass is 9.93. The standard InChI is InChI=1S/C15H20N2O3S/c18-14(19)9-12-10-21-8-7-17(12)15(20)13-5-2-6-16(13)11-3-1-4-11/h2,5-6,11-12H,1,3-4,7-10H2,(H,18,19). The molecule has 114 valence electrons. The van der Waals surface area contributed by atoms with Crippen LogP contribution in [0.15, 0.2) is 18.3 Å². The quantitative estimate of drug-likeness (QED) is 0.926. The van der Waals surface area contributed by atoms with Gasteiger partial charge in [0.25, 0.3) is 5.91 Å². The second-order valence-electron chi connectivity index (χ2n) is 5.71. The van der Waals surface area contributed by atoms with E-state index in [2.05, 4.69) is 4.57 Å². The number of aliphatic carboxylic acids is 1. The van der Waals surface area contributed by atoms with Crippen LogP contribution in [0.2, 0.25) is 0 Å². The normalized spacial score (nSPS) is 22.9. The third-order valence-electron chi connectivity index (χ3n) is 4.36. The minimum atomic E-state index is -0.838. The van der Waals surface area contributed by atoms with Crippen molar-refractivity contribution in [2.75, 3.05) is 18.1 Å². The van der Waals surface area contributed by atoms with Gasteiger partial charge in [0.15, 0.2) is 0 Å². The topological polar surface area (TPSA) is 62.5 Å². The number of aromatic nitrogens is 1. The van der Waals surface area contributed by atoms with E-state index in [4.69, 9.17) is 5.11 Å². The molecule has 1 N–H and O–H groups in total. The van der Waals surface area contributed by atoms with Gasteiger partial charge in [0.1, 0.15) is 5.69 Å². The van der Waals surface area contributed by atoms with Crippen molar-refractivity contribution in [3.63, 3.8) is 0 Å². The summed E-state index contributed by atoms with van der Waals surface area (Å²) in [6, 6.07) is 4.02. The van der Waals surface area contributed by atoms with Gasteiger partial charge in [0, 0.05) is 30.3 Å². The molecule has 2 fully saturated rings. The van der Waals surface area contributed by atoms with Crippen LogP contribution in [0.3, 0.4) is 0 Å². The Bertz CT molecular complexity index is 539. The zero-order chi connectivity index (χ0) is 14.8. The predicted molar refractivity (Wildman–Crippen MR) is 81.7 cm³/mol. The van der Waals surface area contributed by atoms with E-state index in [9.17, 15) is 9.59 Å². The van der Waals surface area contributed by atoms with Crippen LogP contribution in [-0.4, -0.2) is 50.5 Å². The Morgan fingerprint density at radius 1 is 1.38 bits per heavy atom. The number of carbonyl (C=O) groups excluding carboxylic acids is 1. The van der Waals surface area contributed by atoms with Crippen molar-refractivity contribution in [2.45, 2.75) is 37.8 Å². The Hall–Kier alpha value is -1.43. The van der Waals surface area contributed by atoms with Gasteiger partial charge >= 0.3 is 5.97 Å². The summed E-state index contributed by atoms with van der Waals surface area (Å²) in [7, 11) is 0. The zero-order valence-electron chi connectivity index (χ0n) is 11.9. The SMILES string of the molecule is O=C(O)CC1CSCCN1C(=O)c1cccn1C1CCC1. The first-order chi connectivity index (χ1) is 10.2. The van der Waals surface area contributed by atoms with Gasteiger partial charge in [-0.25, -0.2) is 0 Å². The fourth-order valence-electron chi connectivity index (χ4n) is 3.00. The third-order valence-corrected chi connectivity index (χ3v) is 5.46. The summed E-state index contributed by atoms with van der Waals surface area (Å²) in [4.78, 5) is 25.6. The largest absolute Gasteiger partial charge is 0.481 e. The van der Waals surface area contributed by atoms with Crippen LogP contribution < -0.4 is 0 Å². The van der Waals surface area contributed by atoms with Gasteiger partial charge in [-0.2, -0.15) is 11.8 Å². The molecule has 1 aliphatic carbocycles. The summed E-state index contributed by atoms with van der Waals surface area (Å²) >= 11 is 1.73. The number of hydrogen-bond acceptors (Lipinski definition) is 3. The lowest BCUT2D eigenvalue weighted by Gasteiger charge is -2.36. The number of carbonyl (C=O) groups is 2. The number of carboxylic acid groups (broad SMARTS) is 1. The van der Waals surface area contributed by atoms with Crippen LogP contribution >= 0.6 is 11.8 Å². The summed E-state index contributed by atoms with van der Waals surface area (Å²) in [6.45, 7) is 0.636. The molecule has 3 rings (SSSR count). The fourth-order valence-corrected chi connectivity index (χ4v) is 4.06. The van der Waals surface area contributed by atoms with Crippen molar-refractivity contribution >= 4 is 23.6 Å². The predicted octanol–water partition coefficient (Wildman–Crippen LogP) is 2.25. The van der Waals surface area contributed by atoms with E-state index < -0.39 is 5.97 Å². The summed E-state index contributed by atoms with van der Waals surface area (Å²) < 4.78 is 2.07. The molecule has 1 saturated heterocycles. The molecule has 0 radical (unpaired) electrons. The number of carboxylic acids is 1. The molecule has 2 heterocycles.